The molecule has 1 fully saturated rings. The van der Waals surface area contributed by atoms with Crippen LogP contribution in [0.25, 0.3) is 0 Å². The van der Waals surface area contributed by atoms with Crippen molar-refractivity contribution in [2.24, 2.45) is 5.92 Å². The maximum absolute atomic E-state index is 14.1. The van der Waals surface area contributed by atoms with Gasteiger partial charge in [0.15, 0.2) is 6.04 Å². The third-order valence-corrected chi connectivity index (χ3v) is 5.93. The monoisotopic (exact) mass is 408 g/mol. The Kier molecular flexibility index (Phi) is 5.36. The molecule has 0 spiro atoms. The normalized spacial score (nSPS) is 25.0. The molecule has 1 N–H and O–H groups in total. The zero-order chi connectivity index (χ0) is 17.4. The van der Waals surface area contributed by atoms with E-state index in [2.05, 4.69) is 20.7 Å². The highest BCUT2D eigenvalue weighted by molar-refractivity contribution is 9.10. The lowest BCUT2D eigenvalue weighted by Gasteiger charge is -2.24. The molecule has 1 unspecified atom stereocenters. The van der Waals surface area contributed by atoms with E-state index in [1.54, 1.807) is 6.07 Å². The van der Waals surface area contributed by atoms with Crippen LogP contribution in [0.15, 0.2) is 22.7 Å². The van der Waals surface area contributed by atoms with E-state index in [1.807, 2.05) is 13.8 Å². The molecule has 0 amide bonds. The SMILES string of the molecule is CC(C)C[S+]([O-])N[C@@H](C#N)[C@]1(c2ccc(Br)c(F)c2)CC1(F)F. The van der Waals surface area contributed by atoms with Gasteiger partial charge >= 0.3 is 0 Å². The number of alkyl halides is 2. The van der Waals surface area contributed by atoms with Crippen LogP contribution in [0, 0.1) is 23.1 Å². The molecule has 2 rings (SSSR count). The van der Waals surface area contributed by atoms with Crippen molar-refractivity contribution in [3.05, 3.63) is 34.1 Å². The Labute approximate surface area is 144 Å². The molecule has 0 radical (unpaired) electrons. The number of halogens is 4. The zero-order valence-electron chi connectivity index (χ0n) is 12.6. The lowest BCUT2D eigenvalue weighted by molar-refractivity contribution is 0.0835. The average molecular weight is 409 g/mol. The Balaban J connectivity index is 2.33. The van der Waals surface area contributed by atoms with Gasteiger partial charge in [0.05, 0.1) is 16.0 Å². The first-order valence-electron chi connectivity index (χ1n) is 7.01. The van der Waals surface area contributed by atoms with Crippen LogP contribution in [0.2, 0.25) is 0 Å². The lowest BCUT2D eigenvalue weighted by Crippen LogP contribution is -2.46. The Morgan fingerprint density at radius 2 is 2.09 bits per heavy atom. The Hall–Kier alpha value is -0.750. The van der Waals surface area contributed by atoms with E-state index in [0.717, 1.165) is 6.07 Å². The van der Waals surface area contributed by atoms with E-state index in [9.17, 15) is 23.0 Å². The minimum Gasteiger partial charge on any atom is -0.598 e. The minimum absolute atomic E-state index is 0.0313. The summed E-state index contributed by atoms with van der Waals surface area (Å²) in [7, 11) is 0. The molecule has 0 saturated heterocycles. The average Bonchev–Trinajstić information content (AvgIpc) is 3.02. The van der Waals surface area contributed by atoms with E-state index in [4.69, 9.17) is 0 Å². The van der Waals surface area contributed by atoms with Gasteiger partial charge in [-0.15, -0.1) is 4.72 Å². The summed E-state index contributed by atoms with van der Waals surface area (Å²) in [5.41, 5.74) is -1.82. The predicted molar refractivity (Wildman–Crippen MR) is 85.7 cm³/mol. The maximum atomic E-state index is 14.1. The van der Waals surface area contributed by atoms with E-state index in [1.165, 1.54) is 12.1 Å². The summed E-state index contributed by atoms with van der Waals surface area (Å²) >= 11 is 1.36. The number of nitrogens with one attached hydrogen (secondary N) is 1. The molecule has 1 aliphatic carbocycles. The molecular weight excluding hydrogens is 393 g/mol. The number of benzene rings is 1. The molecule has 0 bridgehead atoms. The largest absolute Gasteiger partial charge is 0.598 e. The summed E-state index contributed by atoms with van der Waals surface area (Å²) in [5, 5.41) is 9.32. The number of hydrogen-bond acceptors (Lipinski definition) is 3. The highest BCUT2D eigenvalue weighted by atomic mass is 79.9. The van der Waals surface area contributed by atoms with Crippen molar-refractivity contribution in [3.8, 4) is 6.07 Å². The first-order chi connectivity index (χ1) is 10.6. The van der Waals surface area contributed by atoms with Crippen LogP contribution in [0.3, 0.4) is 0 Å². The van der Waals surface area contributed by atoms with Crippen LogP contribution in [0.5, 0.6) is 0 Å². The van der Waals surface area contributed by atoms with Crippen molar-refractivity contribution in [1.82, 2.24) is 4.72 Å². The maximum Gasteiger partial charge on any atom is 0.261 e. The van der Waals surface area contributed by atoms with Gasteiger partial charge in [-0.25, -0.2) is 13.2 Å². The van der Waals surface area contributed by atoms with Gasteiger partial charge in [-0.2, -0.15) is 5.26 Å². The first kappa shape index (κ1) is 18.6. The first-order valence-corrected chi connectivity index (χ1v) is 9.13. The van der Waals surface area contributed by atoms with Crippen molar-refractivity contribution in [1.29, 1.82) is 5.26 Å². The fourth-order valence-electron chi connectivity index (χ4n) is 2.59. The van der Waals surface area contributed by atoms with Crippen molar-refractivity contribution < 1.29 is 17.7 Å². The Bertz CT molecular complexity index is 638. The summed E-state index contributed by atoms with van der Waals surface area (Å²) < 4.78 is 56.6. The molecule has 8 heteroatoms. The molecule has 0 aliphatic heterocycles. The van der Waals surface area contributed by atoms with E-state index >= 15 is 0 Å². The van der Waals surface area contributed by atoms with Gasteiger partial charge < -0.3 is 4.55 Å². The molecule has 1 aromatic carbocycles. The van der Waals surface area contributed by atoms with Gasteiger partial charge in [0.2, 0.25) is 0 Å². The van der Waals surface area contributed by atoms with Gasteiger partial charge in [-0.1, -0.05) is 19.9 Å². The van der Waals surface area contributed by atoms with Crippen molar-refractivity contribution in [2.45, 2.75) is 37.6 Å². The van der Waals surface area contributed by atoms with Crippen LogP contribution < -0.4 is 4.72 Å². The van der Waals surface area contributed by atoms with Crippen molar-refractivity contribution >= 4 is 27.3 Å². The molecule has 3 nitrogen and oxygen atoms in total. The van der Waals surface area contributed by atoms with Gasteiger partial charge in [-0.05, 0) is 39.5 Å². The lowest BCUT2D eigenvalue weighted by atomic mass is 9.88. The van der Waals surface area contributed by atoms with Gasteiger partial charge in [0.25, 0.3) is 5.92 Å². The third kappa shape index (κ3) is 3.53. The molecular formula is C15H16BrF3N2OS. The second-order valence-electron chi connectivity index (χ2n) is 6.07. The highest BCUT2D eigenvalue weighted by Gasteiger charge is 2.76. The number of rotatable bonds is 6. The number of nitriles is 1. The van der Waals surface area contributed by atoms with Crippen LogP contribution in [0.4, 0.5) is 13.2 Å². The van der Waals surface area contributed by atoms with Crippen LogP contribution in [-0.4, -0.2) is 22.3 Å². The number of nitrogens with zero attached hydrogens (tertiary/aromatic N) is 1. The third-order valence-electron chi connectivity index (χ3n) is 3.82. The predicted octanol–water partition coefficient (Wildman–Crippen LogP) is 3.67. The van der Waals surface area contributed by atoms with Gasteiger partial charge in [0, 0.05) is 17.8 Å². The summed E-state index contributed by atoms with van der Waals surface area (Å²) in [6.07, 6.45) is -0.578. The summed E-state index contributed by atoms with van der Waals surface area (Å²) in [6, 6.07) is 4.12. The quantitative estimate of drug-likeness (QED) is 0.730. The van der Waals surface area contributed by atoms with Crippen molar-refractivity contribution in [2.75, 3.05) is 5.75 Å². The minimum atomic E-state index is -3.15. The molecule has 1 aromatic rings. The Morgan fingerprint density at radius 3 is 2.52 bits per heavy atom. The van der Waals surface area contributed by atoms with Gasteiger partial charge in [-0.3, -0.25) is 0 Å². The topological polar surface area (TPSA) is 58.9 Å². The van der Waals surface area contributed by atoms with Crippen molar-refractivity contribution in [3.63, 3.8) is 0 Å². The van der Waals surface area contributed by atoms with Crippen LogP contribution >= 0.6 is 15.9 Å². The molecule has 1 aliphatic rings. The van der Waals surface area contributed by atoms with E-state index in [0.29, 0.717) is 0 Å². The highest BCUT2D eigenvalue weighted by Crippen LogP contribution is 2.63. The molecule has 126 valence electrons. The molecule has 1 saturated carbocycles. The smallest absolute Gasteiger partial charge is 0.261 e. The Morgan fingerprint density at radius 1 is 1.48 bits per heavy atom. The van der Waals surface area contributed by atoms with Crippen LogP contribution in [-0.2, 0) is 16.8 Å². The molecule has 23 heavy (non-hydrogen) atoms. The summed E-state index contributed by atoms with van der Waals surface area (Å²) in [6.45, 7) is 3.68. The zero-order valence-corrected chi connectivity index (χ0v) is 15.0. The fraction of sp³-hybridized carbons (Fsp3) is 0.533. The second-order valence-corrected chi connectivity index (χ2v) is 8.18. The molecule has 3 atom stereocenters. The fourth-order valence-corrected chi connectivity index (χ4v) is 4.06. The van der Waals surface area contributed by atoms with E-state index in [-0.39, 0.29) is 21.7 Å². The second kappa shape index (κ2) is 6.63. The molecule has 0 aromatic heterocycles. The van der Waals surface area contributed by atoms with E-state index < -0.39 is 41.0 Å². The number of hydrogen-bond donors (Lipinski definition) is 1. The molecule has 0 heterocycles. The summed E-state index contributed by atoms with van der Waals surface area (Å²) in [4.78, 5) is 0. The van der Waals surface area contributed by atoms with Crippen LogP contribution in [0.1, 0.15) is 25.8 Å². The van der Waals surface area contributed by atoms with Gasteiger partial charge in [0.1, 0.15) is 11.6 Å². The standard InChI is InChI=1S/C15H16BrF3N2OS/c1-9(2)7-23(22)21-13(6-20)14(8-15(14,18)19)10-3-4-11(16)12(17)5-10/h3-5,9,13,21H,7-8H2,1-2H3/t13-,14+,23?/m0/s1. The summed E-state index contributed by atoms with van der Waals surface area (Å²) in [5.74, 6) is -3.50.